The summed E-state index contributed by atoms with van der Waals surface area (Å²) in [6.07, 6.45) is 1.40. The molecule has 7 heteroatoms. The van der Waals surface area contributed by atoms with Gasteiger partial charge in [-0.05, 0) is 85.8 Å². The zero-order chi connectivity index (χ0) is 22.2. The number of rotatable bonds is 4. The summed E-state index contributed by atoms with van der Waals surface area (Å²) in [7, 11) is -3.71. The van der Waals surface area contributed by atoms with Crippen molar-refractivity contribution in [3.8, 4) is 0 Å². The van der Waals surface area contributed by atoms with Crippen LogP contribution < -0.4 is 9.62 Å². The second kappa shape index (κ2) is 8.36. The largest absolute Gasteiger partial charge is 0.322 e. The summed E-state index contributed by atoms with van der Waals surface area (Å²) in [6, 6.07) is 17.2. The third kappa shape index (κ3) is 4.18. The Bertz CT molecular complexity index is 1230. The van der Waals surface area contributed by atoms with E-state index in [9.17, 15) is 13.2 Å². The van der Waals surface area contributed by atoms with Crippen LogP contribution in [-0.4, -0.2) is 20.9 Å². The van der Waals surface area contributed by atoms with Crippen LogP contribution >= 0.6 is 11.6 Å². The molecule has 1 heterocycles. The third-order valence-electron chi connectivity index (χ3n) is 5.54. The second-order valence-corrected chi connectivity index (χ2v) is 10.00. The van der Waals surface area contributed by atoms with Crippen LogP contribution in [0, 0.1) is 13.8 Å². The summed E-state index contributed by atoms with van der Waals surface area (Å²) in [6.45, 7) is 4.30. The van der Waals surface area contributed by atoms with E-state index < -0.39 is 10.0 Å². The summed E-state index contributed by atoms with van der Waals surface area (Å²) in [5.41, 5.74) is 4.75. The van der Waals surface area contributed by atoms with Crippen LogP contribution in [0.5, 0.6) is 0 Å². The number of hydrogen-bond donors (Lipinski definition) is 1. The predicted molar refractivity (Wildman–Crippen MR) is 125 cm³/mol. The molecule has 0 saturated heterocycles. The number of para-hydroxylation sites is 1. The number of nitrogens with one attached hydrogen (secondary N) is 1. The lowest BCUT2D eigenvalue weighted by Gasteiger charge is -2.30. The normalized spacial score (nSPS) is 13.6. The van der Waals surface area contributed by atoms with Gasteiger partial charge in [0, 0.05) is 22.8 Å². The number of aryl methyl sites for hydroxylation is 3. The first-order valence-corrected chi connectivity index (χ1v) is 11.9. The first-order valence-electron chi connectivity index (χ1n) is 10.1. The highest BCUT2D eigenvalue weighted by molar-refractivity contribution is 7.92. The molecule has 0 unspecified atom stereocenters. The van der Waals surface area contributed by atoms with Crippen molar-refractivity contribution in [1.29, 1.82) is 0 Å². The lowest BCUT2D eigenvalue weighted by atomic mass is 10.00. The van der Waals surface area contributed by atoms with Crippen molar-refractivity contribution in [3.63, 3.8) is 0 Å². The third-order valence-corrected chi connectivity index (χ3v) is 7.62. The number of anilines is 2. The minimum atomic E-state index is -3.71. The van der Waals surface area contributed by atoms with Gasteiger partial charge in [-0.1, -0.05) is 29.8 Å². The maximum absolute atomic E-state index is 13.2. The molecule has 1 N–H and O–H groups in total. The average molecular weight is 455 g/mol. The van der Waals surface area contributed by atoms with Gasteiger partial charge in [-0.25, -0.2) is 8.42 Å². The molecule has 0 bridgehead atoms. The van der Waals surface area contributed by atoms with Gasteiger partial charge in [0.2, 0.25) is 0 Å². The van der Waals surface area contributed by atoms with Crippen LogP contribution in [0.25, 0.3) is 0 Å². The monoisotopic (exact) mass is 454 g/mol. The Morgan fingerprint density at radius 1 is 1.00 bits per heavy atom. The van der Waals surface area contributed by atoms with Crippen molar-refractivity contribution in [2.24, 2.45) is 0 Å². The maximum Gasteiger partial charge on any atom is 0.264 e. The molecule has 3 aromatic carbocycles. The number of sulfonamides is 1. The van der Waals surface area contributed by atoms with Gasteiger partial charge in [0.1, 0.15) is 0 Å². The number of fused-ring (bicyclic) bond motifs is 1. The summed E-state index contributed by atoms with van der Waals surface area (Å²) < 4.78 is 27.8. The van der Waals surface area contributed by atoms with Gasteiger partial charge in [0.15, 0.2) is 0 Å². The van der Waals surface area contributed by atoms with Gasteiger partial charge in [-0.3, -0.25) is 9.10 Å². The van der Waals surface area contributed by atoms with Crippen molar-refractivity contribution >= 4 is 38.9 Å². The number of benzene rings is 3. The number of halogens is 1. The van der Waals surface area contributed by atoms with Crippen LogP contribution in [0.2, 0.25) is 5.02 Å². The molecule has 1 aliphatic rings. The molecule has 0 aliphatic carbocycles. The summed E-state index contributed by atoms with van der Waals surface area (Å²) in [5, 5.41) is 3.47. The molecule has 31 heavy (non-hydrogen) atoms. The Balaban J connectivity index is 1.64. The number of carbonyl (C=O) groups is 1. The number of carbonyl (C=O) groups excluding carboxylic acids is 1. The molecule has 0 radical (unpaired) electrons. The Morgan fingerprint density at radius 2 is 1.68 bits per heavy atom. The molecule has 160 valence electrons. The number of amides is 1. The van der Waals surface area contributed by atoms with E-state index in [-0.39, 0.29) is 10.8 Å². The van der Waals surface area contributed by atoms with Crippen LogP contribution in [0.15, 0.2) is 65.6 Å². The van der Waals surface area contributed by atoms with Crippen LogP contribution in [0.3, 0.4) is 0 Å². The molecule has 0 atom stereocenters. The van der Waals surface area contributed by atoms with Gasteiger partial charge < -0.3 is 5.32 Å². The van der Waals surface area contributed by atoms with Crippen molar-refractivity contribution in [2.45, 2.75) is 31.6 Å². The minimum absolute atomic E-state index is 0.196. The van der Waals surface area contributed by atoms with E-state index in [1.807, 2.05) is 32.0 Å². The van der Waals surface area contributed by atoms with Gasteiger partial charge in [-0.2, -0.15) is 0 Å². The molecule has 5 nitrogen and oxygen atoms in total. The lowest BCUT2D eigenvalue weighted by Crippen LogP contribution is -2.35. The first kappa shape index (κ1) is 21.4. The Morgan fingerprint density at radius 3 is 2.35 bits per heavy atom. The van der Waals surface area contributed by atoms with E-state index in [1.54, 1.807) is 30.3 Å². The second-order valence-electron chi connectivity index (χ2n) is 7.70. The molecule has 0 fully saturated rings. The highest BCUT2D eigenvalue weighted by Gasteiger charge is 2.29. The number of hydrogen-bond acceptors (Lipinski definition) is 3. The molecule has 3 aromatic rings. The van der Waals surface area contributed by atoms with Crippen molar-refractivity contribution in [1.82, 2.24) is 0 Å². The standard InChI is InChI=1S/C24H23ClN2O3S/c1-16-5-3-6-17(2)23(16)26-24(28)19-8-13-22-18(15-19)7-4-14-27(22)31(29,30)21-11-9-20(25)10-12-21/h3,5-6,8-13,15H,4,7,14H2,1-2H3,(H,26,28). The van der Waals surface area contributed by atoms with Crippen LogP contribution in [0.1, 0.15) is 33.5 Å². The Hall–Kier alpha value is -2.83. The Kier molecular flexibility index (Phi) is 5.77. The molecule has 1 amide bonds. The quantitative estimate of drug-likeness (QED) is 0.577. The van der Waals surface area contributed by atoms with E-state index in [2.05, 4.69) is 5.32 Å². The summed E-state index contributed by atoms with van der Waals surface area (Å²) in [5.74, 6) is -0.210. The molecular weight excluding hydrogens is 432 g/mol. The van der Waals surface area contributed by atoms with E-state index in [0.29, 0.717) is 35.7 Å². The molecule has 4 rings (SSSR count). The van der Waals surface area contributed by atoms with Crippen LogP contribution in [0.4, 0.5) is 11.4 Å². The van der Waals surface area contributed by atoms with E-state index >= 15 is 0 Å². The fourth-order valence-electron chi connectivity index (χ4n) is 3.88. The van der Waals surface area contributed by atoms with Crippen molar-refractivity contribution < 1.29 is 13.2 Å². The molecule has 0 saturated carbocycles. The van der Waals surface area contributed by atoms with Gasteiger partial charge in [-0.15, -0.1) is 0 Å². The van der Waals surface area contributed by atoms with E-state index in [0.717, 1.165) is 22.4 Å². The molecule has 1 aliphatic heterocycles. The first-order chi connectivity index (χ1) is 14.8. The van der Waals surface area contributed by atoms with Crippen molar-refractivity contribution in [2.75, 3.05) is 16.2 Å². The minimum Gasteiger partial charge on any atom is -0.322 e. The molecule has 0 spiro atoms. The maximum atomic E-state index is 13.2. The smallest absolute Gasteiger partial charge is 0.264 e. The highest BCUT2D eigenvalue weighted by Crippen LogP contribution is 2.33. The van der Waals surface area contributed by atoms with E-state index in [1.165, 1.54) is 16.4 Å². The molecule has 0 aromatic heterocycles. The van der Waals surface area contributed by atoms with Crippen LogP contribution in [-0.2, 0) is 16.4 Å². The van der Waals surface area contributed by atoms with Gasteiger partial charge >= 0.3 is 0 Å². The fraction of sp³-hybridized carbons (Fsp3) is 0.208. The predicted octanol–water partition coefficient (Wildman–Crippen LogP) is 5.35. The van der Waals surface area contributed by atoms with Crippen molar-refractivity contribution in [3.05, 3.63) is 87.9 Å². The fourth-order valence-corrected chi connectivity index (χ4v) is 5.55. The summed E-state index contributed by atoms with van der Waals surface area (Å²) >= 11 is 5.91. The van der Waals surface area contributed by atoms with E-state index in [4.69, 9.17) is 11.6 Å². The topological polar surface area (TPSA) is 66.5 Å². The highest BCUT2D eigenvalue weighted by atomic mass is 35.5. The van der Waals surface area contributed by atoms with Gasteiger partial charge in [0.25, 0.3) is 15.9 Å². The number of nitrogens with zero attached hydrogens (tertiary/aromatic N) is 1. The average Bonchev–Trinajstić information content (AvgIpc) is 2.75. The summed E-state index contributed by atoms with van der Waals surface area (Å²) in [4.78, 5) is 13.1. The zero-order valence-electron chi connectivity index (χ0n) is 17.4. The van der Waals surface area contributed by atoms with Gasteiger partial charge in [0.05, 0.1) is 10.6 Å². The molecular formula is C24H23ClN2O3S. The zero-order valence-corrected chi connectivity index (χ0v) is 18.9. The lowest BCUT2D eigenvalue weighted by molar-refractivity contribution is 0.102. The Labute approximate surface area is 187 Å². The SMILES string of the molecule is Cc1cccc(C)c1NC(=O)c1ccc2c(c1)CCCN2S(=O)(=O)c1ccc(Cl)cc1.